The SMILES string of the molecule is COC(=O)CC[C@H](CC(=O)CCOCC(COCCC(=O)N[C@@H](CCC(=O)OC)C(=O)N[C@H](C(=O)C[C@@H](CCCNC(N)=O)C(=O)Nc1ccc(CO)cc1)C(C)C)NC(=O)CCOCCOCCNC(=O)COC1C#CCCCCC1)C(=O)N[C@H](C(=O)C[C@@H](CCCNC(N)=O)C(=O)Nc1ccc(CO)cc1)C(C)C.S.S. The Labute approximate surface area is 675 Å². The zero-order chi connectivity index (χ0) is 81.9. The van der Waals surface area contributed by atoms with Crippen molar-refractivity contribution in [2.24, 2.45) is 41.1 Å². The van der Waals surface area contributed by atoms with Crippen LogP contribution in [0.25, 0.3) is 0 Å². The van der Waals surface area contributed by atoms with Gasteiger partial charge in [0.15, 0.2) is 11.6 Å². The minimum Gasteiger partial charge on any atom is -0.469 e. The number of methoxy groups -OCH3 is 2. The summed E-state index contributed by atoms with van der Waals surface area (Å²) in [6, 6.07) is 6.62. The summed E-state index contributed by atoms with van der Waals surface area (Å²) in [5.41, 5.74) is 12.5. The Kier molecular flexibility index (Phi) is 54.1. The number of esters is 2. The van der Waals surface area contributed by atoms with Gasteiger partial charge in [0, 0.05) is 107 Å². The van der Waals surface area contributed by atoms with Crippen LogP contribution in [0.5, 0.6) is 0 Å². The highest BCUT2D eigenvalue weighted by atomic mass is 32.1. The van der Waals surface area contributed by atoms with E-state index in [4.69, 9.17) is 44.6 Å². The first-order valence-corrected chi connectivity index (χ1v) is 37.8. The molecule has 2 aromatic rings. The van der Waals surface area contributed by atoms with Gasteiger partial charge < -0.3 is 103 Å². The molecule has 34 nitrogen and oxygen atoms in total. The predicted octanol–water partition coefficient (Wildman–Crippen LogP) is 2.96. The number of anilines is 2. The van der Waals surface area contributed by atoms with Gasteiger partial charge >= 0.3 is 24.0 Å². The third-order valence-corrected chi connectivity index (χ3v) is 17.8. The van der Waals surface area contributed by atoms with Gasteiger partial charge in [-0.25, -0.2) is 9.59 Å². The highest BCUT2D eigenvalue weighted by molar-refractivity contribution is 7.59. The molecule has 0 saturated heterocycles. The molecule has 2 unspecified atom stereocenters. The first-order valence-electron chi connectivity index (χ1n) is 37.8. The Bertz CT molecular complexity index is 3170. The fourth-order valence-corrected chi connectivity index (χ4v) is 11.5. The molecule has 11 amide bonds. The summed E-state index contributed by atoms with van der Waals surface area (Å²) in [6.45, 7) is 5.93. The minimum atomic E-state index is -1.39. The molecule has 0 radical (unpaired) electrons. The van der Waals surface area contributed by atoms with Gasteiger partial charge in [0.1, 0.15) is 24.5 Å². The van der Waals surface area contributed by atoms with Crippen LogP contribution >= 0.6 is 27.0 Å². The summed E-state index contributed by atoms with van der Waals surface area (Å²) in [4.78, 5) is 185. The maximum absolute atomic E-state index is 14.2. The van der Waals surface area contributed by atoms with Gasteiger partial charge in [-0.05, 0) is 105 Å². The van der Waals surface area contributed by atoms with Crippen LogP contribution in [0.2, 0.25) is 0 Å². The van der Waals surface area contributed by atoms with E-state index >= 15 is 0 Å². The van der Waals surface area contributed by atoms with Gasteiger partial charge in [0.25, 0.3) is 0 Å². The lowest BCUT2D eigenvalue weighted by molar-refractivity contribution is -0.142. The first-order chi connectivity index (χ1) is 53.1. The average Bonchev–Trinajstić information content (AvgIpc) is 0.814. The van der Waals surface area contributed by atoms with Crippen LogP contribution in [-0.4, -0.2) is 217 Å². The molecule has 634 valence electrons. The Hall–Kier alpha value is -8.80. The number of ketones is 3. The minimum absolute atomic E-state index is 0. The van der Waals surface area contributed by atoms with Crippen molar-refractivity contribution in [3.05, 3.63) is 59.7 Å². The zero-order valence-corrected chi connectivity index (χ0v) is 67.8. The maximum Gasteiger partial charge on any atom is 0.312 e. The molecule has 113 heavy (non-hydrogen) atoms. The van der Waals surface area contributed by atoms with Gasteiger partial charge in [-0.15, -0.1) is 5.92 Å². The second kappa shape index (κ2) is 59.9. The van der Waals surface area contributed by atoms with Crippen LogP contribution in [0.3, 0.4) is 0 Å². The molecule has 1 aliphatic carbocycles. The third kappa shape index (κ3) is 45.6. The monoisotopic (exact) mass is 1630 g/mol. The Morgan fingerprint density at radius 3 is 1.45 bits per heavy atom. The van der Waals surface area contributed by atoms with Crippen molar-refractivity contribution >= 4 is 121 Å². The van der Waals surface area contributed by atoms with Crippen LogP contribution < -0.4 is 59.3 Å². The van der Waals surface area contributed by atoms with E-state index in [-0.39, 0.29) is 215 Å². The first kappa shape index (κ1) is 102. The number of carbonyl (C=O) groups is 14. The average molecular weight is 1630 g/mol. The molecule has 0 spiro atoms. The number of primary amides is 2. The molecule has 0 aliphatic heterocycles. The number of hydrogen-bond donors (Lipinski definition) is 13. The summed E-state index contributed by atoms with van der Waals surface area (Å²) in [5.74, 6) is -4.91. The smallest absolute Gasteiger partial charge is 0.312 e. The number of Topliss-reactive ketones (excluding diaryl/α,β-unsaturated/α-hetero) is 3. The highest BCUT2D eigenvalue weighted by Crippen LogP contribution is 2.24. The van der Waals surface area contributed by atoms with E-state index in [9.17, 15) is 77.3 Å². The van der Waals surface area contributed by atoms with Gasteiger partial charge in [-0.2, -0.15) is 27.0 Å². The summed E-state index contributed by atoms with van der Waals surface area (Å²) < 4.78 is 38.3. The summed E-state index contributed by atoms with van der Waals surface area (Å²) >= 11 is 0. The molecule has 1 aliphatic rings. The van der Waals surface area contributed by atoms with Crippen molar-refractivity contribution in [3.8, 4) is 11.8 Å². The normalized spacial score (nSPS) is 14.2. The fraction of sp³-hybridized carbons (Fsp3) is 0.636. The Morgan fingerprint density at radius 2 is 0.956 bits per heavy atom. The largest absolute Gasteiger partial charge is 0.469 e. The molecule has 3 rings (SSSR count). The molecule has 15 N–H and O–H groups in total. The lowest BCUT2D eigenvalue weighted by Gasteiger charge is -2.26. The number of urea groups is 2. The van der Waals surface area contributed by atoms with Crippen molar-refractivity contribution in [3.63, 3.8) is 0 Å². The fourth-order valence-electron chi connectivity index (χ4n) is 11.5. The molecule has 0 aromatic heterocycles. The molecular formula is C77H121N11O23S2. The molecule has 2 aromatic carbocycles. The van der Waals surface area contributed by atoms with Gasteiger partial charge in [-0.3, -0.25) is 57.5 Å². The van der Waals surface area contributed by atoms with Crippen LogP contribution in [0.1, 0.15) is 161 Å². The Morgan fingerprint density at radius 1 is 0.487 bits per heavy atom. The summed E-state index contributed by atoms with van der Waals surface area (Å²) in [7, 11) is 2.31. The molecule has 36 heteroatoms. The Balaban J connectivity index is 0.0000319. The van der Waals surface area contributed by atoms with E-state index < -0.39 is 137 Å². The summed E-state index contributed by atoms with van der Waals surface area (Å²) in [5, 5.41) is 43.0. The number of aliphatic hydroxyl groups excluding tert-OH is 2. The number of rotatable bonds is 58. The number of nitrogens with two attached hydrogens (primary N) is 2. The van der Waals surface area contributed by atoms with Crippen LogP contribution in [0, 0.1) is 41.4 Å². The van der Waals surface area contributed by atoms with Crippen LogP contribution in [0.15, 0.2) is 48.5 Å². The number of aliphatic hydroxyl groups is 2. The van der Waals surface area contributed by atoms with E-state index in [1.54, 1.807) is 76.2 Å². The standard InChI is InChI=1S/C77H117N11O23.2H2S/c1-50(2)70(63(92)43-54(14-12-33-81-76(78)103)72(99)84-57-23-18-52(45-89)19-24-57)87-74(101)56(22-28-68(97)105-5)42-60(91)30-36-109-47-59(83-65(94)31-37-107-40-41-108-39-35-80-67(96)49-111-61-16-10-8-7-9-11-17-61)48-110-38-32-66(95)86-62(27-29-69(98)106-6)75(102)88-71(51(3)4)64(93)44-55(15-13-34-82-77(79)104)73(100)85-58-25-20-53(46-90)21-26-58;;/h18-21,23-26,50-51,54-56,59,61-62,70-71,89-90H,7-10,12-16,22,27-49H2,1-6H3,(H,80,96)(H,83,94)(H,84,99)(H,85,100)(H,86,95)(H,87,101)(H,88,102)(H3,78,81,103)(H3,79,82,104);2*1H2/t54-,55-,56-,59?,61?,62+,70+,71+;;/m1../s1. The second-order valence-corrected chi connectivity index (χ2v) is 27.5. The van der Waals surface area contributed by atoms with Crippen LogP contribution in [-0.2, 0) is 104 Å². The number of hydrogen-bond acceptors (Lipinski definition) is 23. The van der Waals surface area contributed by atoms with Crippen molar-refractivity contribution < 1.29 is 110 Å². The van der Waals surface area contributed by atoms with Gasteiger partial charge in [0.2, 0.25) is 41.4 Å². The molecule has 0 bridgehead atoms. The van der Waals surface area contributed by atoms with E-state index in [0.717, 1.165) is 46.3 Å². The van der Waals surface area contributed by atoms with E-state index in [1.807, 2.05) is 0 Å². The van der Waals surface area contributed by atoms with E-state index in [0.29, 0.717) is 22.5 Å². The lowest BCUT2D eigenvalue weighted by atomic mass is 9.88. The number of amides is 11. The van der Waals surface area contributed by atoms with E-state index in [1.165, 1.54) is 0 Å². The second-order valence-electron chi connectivity index (χ2n) is 27.5. The number of ether oxygens (including phenoxy) is 7. The zero-order valence-electron chi connectivity index (χ0n) is 65.8. The number of benzene rings is 2. The molecule has 0 heterocycles. The molecule has 0 saturated carbocycles. The van der Waals surface area contributed by atoms with Crippen LogP contribution in [0.4, 0.5) is 21.0 Å². The van der Waals surface area contributed by atoms with Crippen molar-refractivity contribution in [1.29, 1.82) is 0 Å². The van der Waals surface area contributed by atoms with Gasteiger partial charge in [0.05, 0.1) is 98.4 Å². The van der Waals surface area contributed by atoms with Gasteiger partial charge in [-0.1, -0.05) is 64.3 Å². The molecule has 0 fully saturated rings. The number of carbonyl (C=O) groups excluding carboxylic acids is 14. The maximum atomic E-state index is 14.2. The predicted molar refractivity (Wildman–Crippen MR) is 426 cm³/mol. The lowest BCUT2D eigenvalue weighted by Crippen LogP contribution is -2.53. The third-order valence-electron chi connectivity index (χ3n) is 17.8. The van der Waals surface area contributed by atoms with E-state index in [2.05, 4.69) is 59.7 Å². The number of nitrogens with one attached hydrogen (secondary N) is 9. The van der Waals surface area contributed by atoms with Crippen molar-refractivity contribution in [1.82, 2.24) is 37.2 Å². The highest BCUT2D eigenvalue weighted by Gasteiger charge is 2.35. The van der Waals surface area contributed by atoms with Crippen molar-refractivity contribution in [2.75, 3.05) is 104 Å². The summed E-state index contributed by atoms with van der Waals surface area (Å²) in [6.07, 6.45) is 2.33. The topological polar surface area (TPSA) is 504 Å². The molecule has 8 atom stereocenters. The van der Waals surface area contributed by atoms with Crippen molar-refractivity contribution in [2.45, 2.75) is 193 Å². The molecular weight excluding hydrogens is 1510 g/mol. The quantitative estimate of drug-likeness (QED) is 0.0257.